The number of aliphatic hydroxyl groups is 1. The van der Waals surface area contributed by atoms with Gasteiger partial charge in [0.2, 0.25) is 5.91 Å². The molecule has 1 heterocycles. The van der Waals surface area contributed by atoms with E-state index in [0.717, 1.165) is 16.0 Å². The molecule has 10 nitrogen and oxygen atoms in total. The maximum Gasteiger partial charge on any atom is 0.226 e. The van der Waals surface area contributed by atoms with Gasteiger partial charge in [0.05, 0.1) is 36.6 Å². The van der Waals surface area contributed by atoms with Crippen molar-refractivity contribution in [3.05, 3.63) is 46.5 Å². The van der Waals surface area contributed by atoms with Gasteiger partial charge in [-0.05, 0) is 30.9 Å². The predicted molar refractivity (Wildman–Crippen MR) is 145 cm³/mol. The quantitative estimate of drug-likeness (QED) is 0.175. The first kappa shape index (κ1) is 27.2. The van der Waals surface area contributed by atoms with Gasteiger partial charge in [-0.3, -0.25) is 4.79 Å². The maximum absolute atomic E-state index is 13.2. The second-order valence-corrected chi connectivity index (χ2v) is 9.47. The Morgan fingerprint density at radius 3 is 2.81 bits per heavy atom. The number of methoxy groups -OCH3 is 2. The normalized spacial score (nSPS) is 15.2. The molecule has 0 aliphatic heterocycles. The summed E-state index contributed by atoms with van der Waals surface area (Å²) in [6, 6.07) is 3.37. The van der Waals surface area contributed by atoms with Gasteiger partial charge < -0.3 is 41.7 Å². The van der Waals surface area contributed by atoms with Crippen molar-refractivity contribution in [2.75, 3.05) is 57.3 Å². The number of nitrogens with zero attached hydrogens (tertiary/aromatic N) is 2. The summed E-state index contributed by atoms with van der Waals surface area (Å²) in [4.78, 5) is 20.3. The monoisotopic (exact) mass is 514 g/mol. The number of nitrogens with two attached hydrogens (primary N) is 2. The molecule has 0 bridgehead atoms. The van der Waals surface area contributed by atoms with Crippen molar-refractivity contribution >= 4 is 45.7 Å². The van der Waals surface area contributed by atoms with Crippen LogP contribution in [0.1, 0.15) is 28.0 Å². The highest BCUT2D eigenvalue weighted by molar-refractivity contribution is 7.16. The molecule has 3 rings (SSSR count). The number of anilines is 3. The van der Waals surface area contributed by atoms with Crippen molar-refractivity contribution in [2.24, 2.45) is 10.9 Å². The lowest BCUT2D eigenvalue weighted by atomic mass is 9.86. The Labute approximate surface area is 215 Å². The molecule has 0 spiro atoms. The van der Waals surface area contributed by atoms with E-state index in [1.54, 1.807) is 31.3 Å². The number of carbonyl (C=O) groups excluding carboxylic acids is 1. The third kappa shape index (κ3) is 5.86. The van der Waals surface area contributed by atoms with Crippen molar-refractivity contribution in [1.82, 2.24) is 4.90 Å². The minimum Gasteiger partial charge on any atom is -0.494 e. The van der Waals surface area contributed by atoms with E-state index >= 15 is 0 Å². The highest BCUT2D eigenvalue weighted by Crippen LogP contribution is 2.40. The Morgan fingerprint density at radius 1 is 1.39 bits per heavy atom. The van der Waals surface area contributed by atoms with Crippen LogP contribution in [0.25, 0.3) is 0 Å². The van der Waals surface area contributed by atoms with Crippen molar-refractivity contribution in [3.8, 4) is 5.75 Å². The van der Waals surface area contributed by atoms with Crippen molar-refractivity contribution in [3.63, 3.8) is 0 Å². The number of hydrogen-bond acceptors (Lipinski definition) is 9. The fourth-order valence-electron chi connectivity index (χ4n) is 4.37. The molecular formula is C25H34N6O4S. The van der Waals surface area contributed by atoms with E-state index in [1.165, 1.54) is 23.8 Å². The van der Waals surface area contributed by atoms with Gasteiger partial charge in [0.15, 0.2) is 0 Å². The number of ether oxygens (including phenoxy) is 2. The number of rotatable bonds is 11. The lowest BCUT2D eigenvalue weighted by molar-refractivity contribution is -0.137. The number of amides is 1. The summed E-state index contributed by atoms with van der Waals surface area (Å²) < 4.78 is 10.6. The molecule has 1 amide bonds. The number of aliphatic hydroxyl groups excluding tert-OH is 1. The van der Waals surface area contributed by atoms with Gasteiger partial charge in [-0.2, -0.15) is 0 Å². The average molecular weight is 515 g/mol. The fourth-order valence-corrected chi connectivity index (χ4v) is 5.57. The molecule has 0 saturated carbocycles. The first-order valence-electron chi connectivity index (χ1n) is 11.6. The Morgan fingerprint density at radius 2 is 2.17 bits per heavy atom. The second-order valence-electron chi connectivity index (χ2n) is 8.34. The van der Waals surface area contributed by atoms with Gasteiger partial charge in [-0.1, -0.05) is 6.58 Å². The second kappa shape index (κ2) is 12.5. The molecule has 1 aliphatic carbocycles. The van der Waals surface area contributed by atoms with Gasteiger partial charge in [0.1, 0.15) is 11.6 Å². The van der Waals surface area contributed by atoms with Gasteiger partial charge in [0, 0.05) is 60.7 Å². The molecule has 194 valence electrons. The first-order valence-corrected chi connectivity index (χ1v) is 12.4. The fraction of sp³-hybridized carbons (Fsp3) is 0.400. The SMILES string of the molecule is C=CN=C(Nc1cc(C=N)c(N)cc1OC)c1c(N)sc2c1CC[C@H](C(=O)N(CCO)CCOC)C2. The number of nitrogens with one attached hydrogen (secondary N) is 2. The number of benzene rings is 1. The van der Waals surface area contributed by atoms with E-state index in [0.29, 0.717) is 65.9 Å². The smallest absolute Gasteiger partial charge is 0.226 e. The van der Waals surface area contributed by atoms with Gasteiger partial charge in [0.25, 0.3) is 0 Å². The number of hydrogen-bond donors (Lipinski definition) is 5. The van der Waals surface area contributed by atoms with Crippen LogP contribution in [0.2, 0.25) is 0 Å². The third-order valence-electron chi connectivity index (χ3n) is 6.16. The number of amidine groups is 1. The highest BCUT2D eigenvalue weighted by Gasteiger charge is 2.32. The molecule has 0 saturated heterocycles. The van der Waals surface area contributed by atoms with Crippen LogP contribution >= 0.6 is 11.3 Å². The lowest BCUT2D eigenvalue weighted by Crippen LogP contribution is -2.41. The summed E-state index contributed by atoms with van der Waals surface area (Å²) in [7, 11) is 3.13. The molecule has 1 atom stereocenters. The molecule has 1 aromatic heterocycles. The van der Waals surface area contributed by atoms with Gasteiger partial charge in [-0.25, -0.2) is 4.99 Å². The number of nitrogen functional groups attached to an aromatic ring is 2. The van der Waals surface area contributed by atoms with E-state index in [1.807, 2.05) is 0 Å². The molecule has 7 N–H and O–H groups in total. The van der Waals surface area contributed by atoms with E-state index in [9.17, 15) is 9.90 Å². The maximum atomic E-state index is 13.2. The summed E-state index contributed by atoms with van der Waals surface area (Å²) >= 11 is 1.46. The Hall–Kier alpha value is -3.41. The number of fused-ring (bicyclic) bond motifs is 1. The first-order chi connectivity index (χ1) is 17.4. The van der Waals surface area contributed by atoms with Crippen LogP contribution in [0, 0.1) is 11.3 Å². The zero-order valence-corrected chi connectivity index (χ0v) is 21.5. The summed E-state index contributed by atoms with van der Waals surface area (Å²) in [6.07, 6.45) is 4.51. The zero-order valence-electron chi connectivity index (χ0n) is 20.7. The Bertz CT molecular complexity index is 1150. The molecule has 1 aliphatic rings. The molecular weight excluding hydrogens is 480 g/mol. The van der Waals surface area contributed by atoms with Gasteiger partial charge in [-0.15, -0.1) is 11.3 Å². The van der Waals surface area contributed by atoms with Gasteiger partial charge >= 0.3 is 0 Å². The van der Waals surface area contributed by atoms with Crippen molar-refractivity contribution in [2.45, 2.75) is 19.3 Å². The predicted octanol–water partition coefficient (Wildman–Crippen LogP) is 2.49. The summed E-state index contributed by atoms with van der Waals surface area (Å²) in [6.45, 7) is 4.80. The van der Waals surface area contributed by atoms with Crippen LogP contribution in [0.3, 0.4) is 0 Å². The lowest BCUT2D eigenvalue weighted by Gasteiger charge is -2.29. The van der Waals surface area contributed by atoms with E-state index in [4.69, 9.17) is 26.4 Å². The van der Waals surface area contributed by atoms with Crippen LogP contribution in [-0.4, -0.2) is 68.5 Å². The molecule has 36 heavy (non-hydrogen) atoms. The minimum atomic E-state index is -0.188. The zero-order chi connectivity index (χ0) is 26.2. The van der Waals surface area contributed by atoms with Crippen LogP contribution < -0.4 is 21.5 Å². The minimum absolute atomic E-state index is 0.0177. The molecule has 0 fully saturated rings. The number of carbonyl (C=O) groups is 1. The van der Waals surface area contributed by atoms with Crippen LogP contribution in [0.15, 0.2) is 29.9 Å². The van der Waals surface area contributed by atoms with Crippen molar-refractivity contribution < 1.29 is 19.4 Å². The molecule has 11 heteroatoms. The molecule has 0 unspecified atom stereocenters. The van der Waals surface area contributed by atoms with E-state index < -0.39 is 0 Å². The Kier molecular flexibility index (Phi) is 9.45. The summed E-state index contributed by atoms with van der Waals surface area (Å²) in [5.74, 6) is 0.838. The standard InChI is InChI=1S/C25H34N6O4S/c1-4-29-24(30-19-11-16(14-26)18(27)13-20(19)35-3)22-17-6-5-15(12-21(17)36-23(22)28)25(33)31(7-9-32)8-10-34-2/h4,11,13-15,26,32H,1,5-10,12,27-28H2,2-3H3,(H,29,30)/t15-/m0/s1. The molecule has 1 aromatic carbocycles. The summed E-state index contributed by atoms with van der Waals surface area (Å²) in [5.41, 5.74) is 15.9. The number of thiophene rings is 1. The number of aliphatic imine (C=N–C) groups is 1. The van der Waals surface area contributed by atoms with Crippen LogP contribution in [0.5, 0.6) is 5.75 Å². The average Bonchev–Trinajstić information content (AvgIpc) is 3.21. The molecule has 0 radical (unpaired) electrons. The molecule has 2 aromatic rings. The van der Waals surface area contributed by atoms with Crippen LogP contribution in [0.4, 0.5) is 16.4 Å². The van der Waals surface area contributed by atoms with E-state index in [-0.39, 0.29) is 25.0 Å². The van der Waals surface area contributed by atoms with E-state index in [2.05, 4.69) is 16.9 Å². The third-order valence-corrected chi connectivity index (χ3v) is 7.24. The van der Waals surface area contributed by atoms with Crippen LogP contribution in [-0.2, 0) is 22.4 Å². The summed E-state index contributed by atoms with van der Waals surface area (Å²) in [5, 5.41) is 20.9. The highest BCUT2D eigenvalue weighted by atomic mass is 32.1. The van der Waals surface area contributed by atoms with Crippen molar-refractivity contribution in [1.29, 1.82) is 5.41 Å². The Balaban J connectivity index is 1.91. The topological polar surface area (TPSA) is 159 Å². The largest absolute Gasteiger partial charge is 0.494 e.